The monoisotopic (exact) mass is 390 g/mol. The highest BCUT2D eigenvalue weighted by molar-refractivity contribution is 7.13. The van der Waals surface area contributed by atoms with Gasteiger partial charge in [0.2, 0.25) is 11.0 Å². The molecule has 0 atom stereocenters. The molecule has 0 aliphatic carbocycles. The van der Waals surface area contributed by atoms with Crippen LogP contribution in [0.25, 0.3) is 16.9 Å². The number of rotatable bonds is 4. The third-order valence-corrected chi connectivity index (χ3v) is 4.75. The number of thiazole rings is 1. The van der Waals surface area contributed by atoms with Gasteiger partial charge in [-0.2, -0.15) is 0 Å². The van der Waals surface area contributed by atoms with Crippen molar-refractivity contribution in [3.8, 4) is 22.8 Å². The Labute approximate surface area is 162 Å². The van der Waals surface area contributed by atoms with E-state index in [0.717, 1.165) is 15.8 Å². The Morgan fingerprint density at radius 2 is 1.71 bits per heavy atom. The van der Waals surface area contributed by atoms with Crippen LogP contribution in [-0.4, -0.2) is 25.9 Å². The van der Waals surface area contributed by atoms with E-state index in [2.05, 4.69) is 15.0 Å². The zero-order valence-corrected chi connectivity index (χ0v) is 15.3. The number of aromatic hydroxyl groups is 1. The van der Waals surface area contributed by atoms with Gasteiger partial charge in [0.05, 0.1) is 11.4 Å². The van der Waals surface area contributed by atoms with Crippen molar-refractivity contribution in [2.24, 2.45) is 4.99 Å². The van der Waals surface area contributed by atoms with Crippen LogP contribution in [0.4, 0.5) is 5.13 Å². The van der Waals surface area contributed by atoms with E-state index in [9.17, 15) is 14.7 Å². The Bertz CT molecular complexity index is 1260. The highest BCUT2D eigenvalue weighted by Crippen LogP contribution is 2.26. The number of benzene rings is 2. The van der Waals surface area contributed by atoms with E-state index in [1.165, 1.54) is 17.6 Å². The van der Waals surface area contributed by atoms with Crippen LogP contribution in [-0.2, 0) is 0 Å². The molecule has 2 heterocycles. The van der Waals surface area contributed by atoms with Gasteiger partial charge in [0, 0.05) is 17.2 Å². The van der Waals surface area contributed by atoms with Crippen molar-refractivity contribution >= 4 is 22.7 Å². The lowest BCUT2D eigenvalue weighted by Gasteiger charge is -2.08. The van der Waals surface area contributed by atoms with Crippen LogP contribution in [0.15, 0.2) is 80.6 Å². The molecule has 0 saturated heterocycles. The number of nitrogens with one attached hydrogen (secondary N) is 1. The summed E-state index contributed by atoms with van der Waals surface area (Å²) in [6.45, 7) is 0. The van der Waals surface area contributed by atoms with E-state index < -0.39 is 17.1 Å². The van der Waals surface area contributed by atoms with Gasteiger partial charge >= 0.3 is 5.69 Å². The summed E-state index contributed by atoms with van der Waals surface area (Å²) in [7, 11) is 0. The number of H-pyrrole nitrogens is 1. The maximum atomic E-state index is 12.2. The van der Waals surface area contributed by atoms with Crippen LogP contribution in [0.1, 0.15) is 5.56 Å². The van der Waals surface area contributed by atoms with E-state index in [4.69, 9.17) is 0 Å². The molecule has 0 spiro atoms. The van der Waals surface area contributed by atoms with Crippen molar-refractivity contribution in [2.45, 2.75) is 0 Å². The van der Waals surface area contributed by atoms with Crippen LogP contribution in [0.2, 0.25) is 0 Å². The highest BCUT2D eigenvalue weighted by atomic mass is 32.1. The first-order valence-corrected chi connectivity index (χ1v) is 9.20. The quantitative estimate of drug-likeness (QED) is 0.523. The van der Waals surface area contributed by atoms with E-state index in [1.54, 1.807) is 30.3 Å². The molecule has 2 aromatic heterocycles. The first-order valence-electron chi connectivity index (χ1n) is 8.32. The summed E-state index contributed by atoms with van der Waals surface area (Å²) in [5.41, 5.74) is 0.574. The van der Waals surface area contributed by atoms with E-state index >= 15 is 0 Å². The van der Waals surface area contributed by atoms with Crippen molar-refractivity contribution in [3.63, 3.8) is 0 Å². The molecule has 8 heteroatoms. The minimum atomic E-state index is -0.730. The highest BCUT2D eigenvalue weighted by Gasteiger charge is 2.14. The SMILES string of the molecule is O=c1[nH]c(=O)n(-c2ccccc2)c(O)c1/C=N/c1nc(-c2ccccc2)cs1. The first-order chi connectivity index (χ1) is 13.6. The largest absolute Gasteiger partial charge is 0.493 e. The number of nitrogens with zero attached hydrogens (tertiary/aromatic N) is 3. The maximum Gasteiger partial charge on any atom is 0.335 e. The number of hydrogen-bond acceptors (Lipinski definition) is 6. The molecule has 0 bridgehead atoms. The van der Waals surface area contributed by atoms with Gasteiger partial charge in [0.1, 0.15) is 5.56 Å². The fraction of sp³-hybridized carbons (Fsp3) is 0. The van der Waals surface area contributed by atoms with Crippen molar-refractivity contribution in [1.29, 1.82) is 0 Å². The number of aromatic nitrogens is 3. The van der Waals surface area contributed by atoms with Crippen molar-refractivity contribution in [3.05, 3.63) is 92.4 Å². The lowest BCUT2D eigenvalue weighted by molar-refractivity contribution is 0.430. The molecule has 2 N–H and O–H groups in total. The summed E-state index contributed by atoms with van der Waals surface area (Å²) < 4.78 is 1.01. The second kappa shape index (κ2) is 7.45. The van der Waals surface area contributed by atoms with Gasteiger partial charge in [-0.3, -0.25) is 9.78 Å². The number of aromatic amines is 1. The van der Waals surface area contributed by atoms with Crippen LogP contribution < -0.4 is 11.2 Å². The van der Waals surface area contributed by atoms with Gasteiger partial charge in [-0.1, -0.05) is 48.5 Å². The van der Waals surface area contributed by atoms with Crippen LogP contribution in [0.3, 0.4) is 0 Å². The molecule has 0 unspecified atom stereocenters. The molecule has 28 heavy (non-hydrogen) atoms. The van der Waals surface area contributed by atoms with Gasteiger partial charge in [0.15, 0.2) is 0 Å². The van der Waals surface area contributed by atoms with Crippen molar-refractivity contribution < 1.29 is 5.11 Å². The molecule has 7 nitrogen and oxygen atoms in total. The maximum absolute atomic E-state index is 12.2. The second-order valence-electron chi connectivity index (χ2n) is 5.81. The predicted octanol–water partition coefficient (Wildman–Crippen LogP) is 3.11. The van der Waals surface area contributed by atoms with E-state index in [-0.39, 0.29) is 5.56 Å². The smallest absolute Gasteiger partial charge is 0.335 e. The molecule has 0 fully saturated rings. The zero-order valence-electron chi connectivity index (χ0n) is 14.4. The zero-order chi connectivity index (χ0) is 19.5. The van der Waals surface area contributed by atoms with Gasteiger partial charge in [0.25, 0.3) is 5.56 Å². The normalized spacial score (nSPS) is 11.1. The van der Waals surface area contributed by atoms with Gasteiger partial charge in [-0.15, -0.1) is 11.3 Å². The third kappa shape index (κ3) is 3.40. The Kier molecular flexibility index (Phi) is 4.69. The fourth-order valence-electron chi connectivity index (χ4n) is 2.66. The van der Waals surface area contributed by atoms with Crippen LogP contribution >= 0.6 is 11.3 Å². The summed E-state index contributed by atoms with van der Waals surface area (Å²) in [5.74, 6) is -0.483. The Balaban J connectivity index is 1.72. The Morgan fingerprint density at radius 1 is 1.04 bits per heavy atom. The van der Waals surface area contributed by atoms with Gasteiger partial charge in [-0.25, -0.2) is 19.3 Å². The van der Waals surface area contributed by atoms with E-state index in [0.29, 0.717) is 10.8 Å². The minimum absolute atomic E-state index is 0.125. The van der Waals surface area contributed by atoms with Gasteiger partial charge < -0.3 is 5.11 Å². The second-order valence-corrected chi connectivity index (χ2v) is 6.64. The molecule has 4 aromatic rings. The molecule has 0 saturated carbocycles. The van der Waals surface area contributed by atoms with Gasteiger partial charge in [-0.05, 0) is 12.1 Å². The molecule has 0 aliphatic heterocycles. The summed E-state index contributed by atoms with van der Waals surface area (Å²) >= 11 is 1.31. The van der Waals surface area contributed by atoms with Crippen molar-refractivity contribution in [1.82, 2.24) is 14.5 Å². The molecule has 138 valence electrons. The lowest BCUT2D eigenvalue weighted by atomic mass is 10.2. The fourth-order valence-corrected chi connectivity index (χ4v) is 3.33. The standard InChI is InChI=1S/C20H14N4O3S/c25-17-15(18(26)24(20(27)23-17)14-9-5-2-6-10-14)11-21-19-22-16(12-28-19)13-7-3-1-4-8-13/h1-12,26H,(H,23,25,27)/b21-11+. The average Bonchev–Trinajstić information content (AvgIpc) is 3.18. The summed E-state index contributed by atoms with van der Waals surface area (Å²) in [6.07, 6.45) is 1.21. The summed E-state index contributed by atoms with van der Waals surface area (Å²) in [6, 6.07) is 18.2. The number of hydrogen-bond donors (Lipinski definition) is 2. The third-order valence-electron chi connectivity index (χ3n) is 4.00. The molecule has 0 aliphatic rings. The molecule has 0 radical (unpaired) electrons. The molecule has 4 rings (SSSR count). The number of para-hydroxylation sites is 1. The average molecular weight is 390 g/mol. The van der Waals surface area contributed by atoms with Crippen LogP contribution in [0.5, 0.6) is 5.88 Å². The molecular weight excluding hydrogens is 376 g/mol. The first kappa shape index (κ1) is 17.6. The summed E-state index contributed by atoms with van der Waals surface area (Å²) in [5, 5.41) is 12.8. The predicted molar refractivity (Wildman–Crippen MR) is 109 cm³/mol. The topological polar surface area (TPSA) is 100 Å². The molecular formula is C20H14N4O3S. The Morgan fingerprint density at radius 3 is 2.43 bits per heavy atom. The van der Waals surface area contributed by atoms with Crippen molar-refractivity contribution in [2.75, 3.05) is 0 Å². The van der Waals surface area contributed by atoms with Crippen LogP contribution in [0, 0.1) is 0 Å². The molecule has 2 aromatic carbocycles. The summed E-state index contributed by atoms with van der Waals surface area (Å²) in [4.78, 5) is 35.1. The minimum Gasteiger partial charge on any atom is -0.493 e. The Hall–Kier alpha value is -3.78. The molecule has 0 amide bonds. The van der Waals surface area contributed by atoms with E-state index in [1.807, 2.05) is 35.7 Å². The lowest BCUT2D eigenvalue weighted by Crippen LogP contribution is -2.31. The number of aliphatic imine (C=N–C) groups is 1.